The minimum absolute atomic E-state index is 0.218. The normalized spacial score (nSPS) is 12.6. The zero-order chi connectivity index (χ0) is 16.2. The van der Waals surface area contributed by atoms with Crippen LogP contribution in [0.15, 0.2) is 18.2 Å². The second kappa shape index (κ2) is 6.42. The van der Waals surface area contributed by atoms with Gasteiger partial charge in [0, 0.05) is 12.0 Å². The number of halogens is 3. The Labute approximate surface area is 118 Å². The summed E-state index contributed by atoms with van der Waals surface area (Å²) < 4.78 is 37.5. The molecule has 0 saturated carbocycles. The lowest BCUT2D eigenvalue weighted by atomic mass is 10.1. The number of benzene rings is 1. The highest BCUT2D eigenvalue weighted by molar-refractivity contribution is 5.80. The van der Waals surface area contributed by atoms with Gasteiger partial charge in [-0.2, -0.15) is 13.2 Å². The molecule has 0 aromatic heterocycles. The number of amides is 1. The largest absolute Gasteiger partial charge is 0.416 e. The summed E-state index contributed by atoms with van der Waals surface area (Å²) >= 11 is 0. The number of carbonyl (C=O) groups is 1. The van der Waals surface area contributed by atoms with Gasteiger partial charge in [0.05, 0.1) is 10.5 Å². The van der Waals surface area contributed by atoms with Gasteiger partial charge in [-0.1, -0.05) is 13.8 Å². The molecule has 0 saturated heterocycles. The minimum atomic E-state index is -4.68. The third-order valence-electron chi connectivity index (χ3n) is 2.90. The predicted molar refractivity (Wildman–Crippen MR) is 69.3 cm³/mol. The number of nitro groups is 1. The third kappa shape index (κ3) is 4.33. The van der Waals surface area contributed by atoms with E-state index in [1.807, 2.05) is 0 Å². The van der Waals surface area contributed by atoms with E-state index in [0.29, 0.717) is 18.6 Å². The van der Waals surface area contributed by atoms with Crippen molar-refractivity contribution in [2.45, 2.75) is 26.4 Å². The molecule has 0 fully saturated rings. The molecule has 21 heavy (non-hydrogen) atoms. The first kappa shape index (κ1) is 16.7. The van der Waals surface area contributed by atoms with Crippen LogP contribution in [0.2, 0.25) is 0 Å². The summed E-state index contributed by atoms with van der Waals surface area (Å²) in [6.07, 6.45) is -4.12. The molecule has 0 unspecified atom stereocenters. The number of hydrogen-bond acceptors (Lipinski definition) is 4. The summed E-state index contributed by atoms with van der Waals surface area (Å²) in [5, 5.41) is 10.8. The van der Waals surface area contributed by atoms with E-state index in [2.05, 4.69) is 10.9 Å². The van der Waals surface area contributed by atoms with Crippen LogP contribution in [0.4, 0.5) is 24.5 Å². The van der Waals surface area contributed by atoms with Gasteiger partial charge < -0.3 is 0 Å². The van der Waals surface area contributed by atoms with Gasteiger partial charge in [0.2, 0.25) is 5.91 Å². The molecule has 1 atom stereocenters. The lowest BCUT2D eigenvalue weighted by Gasteiger charge is -2.13. The van der Waals surface area contributed by atoms with Gasteiger partial charge in [-0.25, -0.2) is 0 Å². The molecule has 1 aromatic carbocycles. The SMILES string of the molecule is CC[C@H](C)C(=O)NNc1ccc(C(F)(F)F)cc1[N+](=O)[O-]. The highest BCUT2D eigenvalue weighted by Gasteiger charge is 2.33. The predicted octanol–water partition coefficient (Wildman–Crippen LogP) is 3.10. The molecule has 6 nitrogen and oxygen atoms in total. The van der Waals surface area contributed by atoms with Gasteiger partial charge in [-0.05, 0) is 18.6 Å². The number of hydrogen-bond donors (Lipinski definition) is 2. The summed E-state index contributed by atoms with van der Waals surface area (Å²) in [5.41, 5.74) is 2.39. The van der Waals surface area contributed by atoms with E-state index in [0.717, 1.165) is 6.07 Å². The van der Waals surface area contributed by atoms with Gasteiger partial charge in [0.15, 0.2) is 0 Å². The number of alkyl halides is 3. The van der Waals surface area contributed by atoms with Crippen LogP contribution >= 0.6 is 0 Å². The van der Waals surface area contributed by atoms with Gasteiger partial charge in [0.1, 0.15) is 5.69 Å². The van der Waals surface area contributed by atoms with E-state index in [9.17, 15) is 28.1 Å². The summed E-state index contributed by atoms with van der Waals surface area (Å²) in [7, 11) is 0. The monoisotopic (exact) mass is 305 g/mol. The minimum Gasteiger partial charge on any atom is -0.292 e. The molecule has 0 spiro atoms. The van der Waals surface area contributed by atoms with Crippen molar-refractivity contribution in [3.63, 3.8) is 0 Å². The van der Waals surface area contributed by atoms with Crippen molar-refractivity contribution in [2.75, 3.05) is 5.43 Å². The first-order valence-electron chi connectivity index (χ1n) is 6.08. The van der Waals surface area contributed by atoms with Crippen LogP contribution in [0, 0.1) is 16.0 Å². The van der Waals surface area contributed by atoms with Crippen LogP contribution in [-0.4, -0.2) is 10.8 Å². The highest BCUT2D eigenvalue weighted by atomic mass is 19.4. The first-order chi connectivity index (χ1) is 9.66. The molecular weight excluding hydrogens is 291 g/mol. The Kier molecular flexibility index (Phi) is 5.12. The van der Waals surface area contributed by atoms with Crippen LogP contribution in [0.5, 0.6) is 0 Å². The number of nitrogens with zero attached hydrogens (tertiary/aromatic N) is 1. The smallest absolute Gasteiger partial charge is 0.292 e. The van der Waals surface area contributed by atoms with Gasteiger partial charge >= 0.3 is 6.18 Å². The van der Waals surface area contributed by atoms with Gasteiger partial charge in [-0.15, -0.1) is 0 Å². The molecule has 0 aliphatic heterocycles. The zero-order valence-corrected chi connectivity index (χ0v) is 11.3. The maximum Gasteiger partial charge on any atom is 0.416 e. The Morgan fingerprint density at radius 2 is 2.05 bits per heavy atom. The molecule has 2 N–H and O–H groups in total. The molecule has 116 valence electrons. The van der Waals surface area contributed by atoms with E-state index >= 15 is 0 Å². The standard InChI is InChI=1S/C12H14F3N3O3/c1-3-7(2)11(19)17-16-9-5-4-8(12(13,14)15)6-10(9)18(20)21/h4-7,16H,3H2,1-2H3,(H,17,19)/t7-/m0/s1. The van der Waals surface area contributed by atoms with Crippen LogP contribution in [0.1, 0.15) is 25.8 Å². The summed E-state index contributed by atoms with van der Waals surface area (Å²) in [6.45, 7) is 3.43. The van der Waals surface area contributed by atoms with Crippen molar-refractivity contribution in [1.29, 1.82) is 0 Å². The number of anilines is 1. The molecule has 1 amide bonds. The molecule has 0 aliphatic carbocycles. The lowest BCUT2D eigenvalue weighted by molar-refractivity contribution is -0.384. The molecule has 1 aromatic rings. The molecule has 0 bridgehead atoms. The van der Waals surface area contributed by atoms with E-state index in [1.54, 1.807) is 13.8 Å². The van der Waals surface area contributed by atoms with Crippen molar-refractivity contribution < 1.29 is 22.9 Å². The second-order valence-electron chi connectivity index (χ2n) is 4.41. The fourth-order valence-corrected chi connectivity index (χ4v) is 1.40. The second-order valence-corrected chi connectivity index (χ2v) is 4.41. The fourth-order valence-electron chi connectivity index (χ4n) is 1.40. The van der Waals surface area contributed by atoms with E-state index in [-0.39, 0.29) is 11.6 Å². The van der Waals surface area contributed by atoms with Crippen molar-refractivity contribution in [1.82, 2.24) is 5.43 Å². The Bertz CT molecular complexity index is 546. The topological polar surface area (TPSA) is 84.3 Å². The Morgan fingerprint density at radius 1 is 1.43 bits per heavy atom. The van der Waals surface area contributed by atoms with Crippen molar-refractivity contribution in [3.05, 3.63) is 33.9 Å². The number of carbonyl (C=O) groups excluding carboxylic acids is 1. The summed E-state index contributed by atoms with van der Waals surface area (Å²) in [4.78, 5) is 21.4. The van der Waals surface area contributed by atoms with Crippen molar-refractivity contribution in [3.8, 4) is 0 Å². The Balaban J connectivity index is 2.98. The van der Waals surface area contributed by atoms with Gasteiger partial charge in [-0.3, -0.25) is 25.8 Å². The Morgan fingerprint density at radius 3 is 2.52 bits per heavy atom. The highest BCUT2D eigenvalue weighted by Crippen LogP contribution is 2.34. The Hall–Kier alpha value is -2.32. The maximum atomic E-state index is 12.5. The van der Waals surface area contributed by atoms with E-state index in [4.69, 9.17) is 0 Å². The van der Waals surface area contributed by atoms with E-state index in [1.165, 1.54) is 0 Å². The third-order valence-corrected chi connectivity index (χ3v) is 2.90. The van der Waals surface area contributed by atoms with Crippen LogP contribution in [0.25, 0.3) is 0 Å². The van der Waals surface area contributed by atoms with E-state index < -0.39 is 28.3 Å². The van der Waals surface area contributed by atoms with Crippen LogP contribution in [0.3, 0.4) is 0 Å². The lowest BCUT2D eigenvalue weighted by Crippen LogP contribution is -2.33. The average Bonchev–Trinajstić information content (AvgIpc) is 2.42. The molecule has 9 heteroatoms. The molecule has 1 rings (SSSR count). The molecule has 0 heterocycles. The van der Waals surface area contributed by atoms with Crippen LogP contribution in [-0.2, 0) is 11.0 Å². The summed E-state index contributed by atoms with van der Waals surface area (Å²) in [5.74, 6) is -0.738. The fraction of sp³-hybridized carbons (Fsp3) is 0.417. The van der Waals surface area contributed by atoms with Crippen molar-refractivity contribution >= 4 is 17.3 Å². The number of rotatable bonds is 5. The van der Waals surface area contributed by atoms with Crippen molar-refractivity contribution in [2.24, 2.45) is 5.92 Å². The van der Waals surface area contributed by atoms with Crippen LogP contribution < -0.4 is 10.9 Å². The molecule has 0 aliphatic rings. The number of nitro benzene ring substituents is 1. The van der Waals surface area contributed by atoms with Gasteiger partial charge in [0.25, 0.3) is 5.69 Å². The first-order valence-corrected chi connectivity index (χ1v) is 6.08. The maximum absolute atomic E-state index is 12.5. The molecular formula is C12H14F3N3O3. The quantitative estimate of drug-likeness (QED) is 0.646. The zero-order valence-electron chi connectivity index (χ0n) is 11.3. The molecule has 0 radical (unpaired) electrons. The summed E-state index contributed by atoms with van der Waals surface area (Å²) in [6, 6.07) is 2.01. The average molecular weight is 305 g/mol. The number of nitrogens with one attached hydrogen (secondary N) is 2. The number of hydrazine groups is 1.